The Balaban J connectivity index is 3.56. The molecule has 0 aliphatic heterocycles. The predicted octanol–water partition coefficient (Wildman–Crippen LogP) is 1.69. The summed E-state index contributed by atoms with van der Waals surface area (Å²) in [7, 11) is 1.84. The topological polar surface area (TPSA) is 27.1 Å². The number of hydrogen-bond donors (Lipinski definition) is 1. The van der Waals surface area contributed by atoms with Crippen molar-refractivity contribution in [1.82, 2.24) is 4.90 Å². The van der Waals surface area contributed by atoms with E-state index in [0.29, 0.717) is 5.92 Å². The van der Waals surface area contributed by atoms with E-state index in [0.717, 1.165) is 0 Å². The Hall–Kier alpha value is -0.790. The molecule has 0 radical (unpaired) electrons. The van der Waals surface area contributed by atoms with Crippen LogP contribution in [0.4, 0.5) is 0 Å². The molecule has 0 fully saturated rings. The summed E-state index contributed by atoms with van der Waals surface area (Å²) in [5, 5.41) is 6.80. The van der Waals surface area contributed by atoms with Gasteiger partial charge in [0, 0.05) is 13.2 Å². The predicted molar refractivity (Wildman–Crippen MR) is 40.5 cm³/mol. The van der Waals surface area contributed by atoms with Crippen LogP contribution in [0.25, 0.3) is 0 Å². The zero-order chi connectivity index (χ0) is 7.28. The van der Waals surface area contributed by atoms with Crippen molar-refractivity contribution >= 4 is 6.34 Å². The molecule has 1 N–H and O–H groups in total. The zero-order valence-electron chi connectivity index (χ0n) is 6.26. The summed E-state index contributed by atoms with van der Waals surface area (Å²) in [6.07, 6.45) is 5.21. The minimum absolute atomic E-state index is 0.562. The molecule has 0 aromatic carbocycles. The average molecular weight is 126 g/mol. The summed E-state index contributed by atoms with van der Waals surface area (Å²) >= 11 is 0. The van der Waals surface area contributed by atoms with Crippen LogP contribution in [0.1, 0.15) is 13.8 Å². The van der Waals surface area contributed by atoms with E-state index < -0.39 is 0 Å². The van der Waals surface area contributed by atoms with Crippen molar-refractivity contribution < 1.29 is 0 Å². The van der Waals surface area contributed by atoms with Gasteiger partial charge < -0.3 is 4.90 Å². The molecule has 0 saturated carbocycles. The Labute approximate surface area is 56.7 Å². The Morgan fingerprint density at radius 3 is 2.33 bits per heavy atom. The second kappa shape index (κ2) is 4.13. The molecule has 0 heterocycles. The Morgan fingerprint density at radius 1 is 1.44 bits per heavy atom. The molecule has 0 saturated heterocycles. The summed E-state index contributed by atoms with van der Waals surface area (Å²) in [6.45, 7) is 4.21. The normalized spacial score (nSPS) is 10.7. The molecule has 9 heavy (non-hydrogen) atoms. The van der Waals surface area contributed by atoms with Crippen molar-refractivity contribution in [3.63, 3.8) is 0 Å². The molecular weight excluding hydrogens is 112 g/mol. The SMILES string of the molecule is CC(C)C=CN(C)C=N. The van der Waals surface area contributed by atoms with E-state index >= 15 is 0 Å². The number of rotatable bonds is 3. The van der Waals surface area contributed by atoms with Gasteiger partial charge in [-0.25, -0.2) is 0 Å². The minimum atomic E-state index is 0.562. The molecule has 0 aromatic rings. The lowest BCUT2D eigenvalue weighted by Gasteiger charge is -2.03. The smallest absolute Gasteiger partial charge is 0.0854 e. The highest BCUT2D eigenvalue weighted by Gasteiger charge is 1.83. The van der Waals surface area contributed by atoms with Crippen molar-refractivity contribution in [3.8, 4) is 0 Å². The molecule has 0 spiro atoms. The van der Waals surface area contributed by atoms with Gasteiger partial charge in [0.25, 0.3) is 0 Å². The summed E-state index contributed by atoms with van der Waals surface area (Å²) in [4.78, 5) is 1.71. The maximum Gasteiger partial charge on any atom is 0.0854 e. The fourth-order valence-corrected chi connectivity index (χ4v) is 0.351. The first-order valence-corrected chi connectivity index (χ1v) is 3.07. The fourth-order valence-electron chi connectivity index (χ4n) is 0.351. The van der Waals surface area contributed by atoms with Crippen molar-refractivity contribution in [2.24, 2.45) is 5.92 Å². The molecule has 0 atom stereocenters. The average Bonchev–Trinajstić information content (AvgIpc) is 1.83. The first kappa shape index (κ1) is 8.21. The van der Waals surface area contributed by atoms with Crippen LogP contribution >= 0.6 is 0 Å². The lowest BCUT2D eigenvalue weighted by molar-refractivity contribution is 0.686. The van der Waals surface area contributed by atoms with Crippen LogP contribution < -0.4 is 0 Å². The van der Waals surface area contributed by atoms with E-state index in [4.69, 9.17) is 5.41 Å². The second-order valence-corrected chi connectivity index (χ2v) is 2.38. The molecule has 0 aromatic heterocycles. The monoisotopic (exact) mass is 126 g/mol. The van der Waals surface area contributed by atoms with Crippen molar-refractivity contribution in [2.45, 2.75) is 13.8 Å². The number of nitrogens with one attached hydrogen (secondary N) is 1. The molecule has 0 aliphatic carbocycles. The van der Waals surface area contributed by atoms with Crippen molar-refractivity contribution in [1.29, 1.82) is 5.41 Å². The third kappa shape index (κ3) is 5.07. The van der Waals surface area contributed by atoms with Crippen LogP contribution in [0.2, 0.25) is 0 Å². The van der Waals surface area contributed by atoms with E-state index in [1.54, 1.807) is 4.90 Å². The van der Waals surface area contributed by atoms with Gasteiger partial charge in [-0.15, -0.1) is 0 Å². The molecule has 2 heteroatoms. The first-order chi connectivity index (χ1) is 4.16. The van der Waals surface area contributed by atoms with Crippen molar-refractivity contribution in [2.75, 3.05) is 7.05 Å². The van der Waals surface area contributed by atoms with Gasteiger partial charge in [-0.2, -0.15) is 0 Å². The summed E-state index contributed by atoms with van der Waals surface area (Å²) in [6, 6.07) is 0. The van der Waals surface area contributed by atoms with Crippen LogP contribution in [0.5, 0.6) is 0 Å². The number of hydrogen-bond acceptors (Lipinski definition) is 1. The van der Waals surface area contributed by atoms with Crippen LogP contribution in [0.3, 0.4) is 0 Å². The fraction of sp³-hybridized carbons (Fsp3) is 0.571. The highest BCUT2D eigenvalue weighted by Crippen LogP contribution is 1.93. The molecule has 2 nitrogen and oxygen atoms in total. The maximum absolute atomic E-state index is 6.80. The summed E-state index contributed by atoms with van der Waals surface area (Å²) < 4.78 is 0. The van der Waals surface area contributed by atoms with E-state index in [1.807, 2.05) is 19.3 Å². The Kier molecular flexibility index (Phi) is 3.76. The third-order valence-corrected chi connectivity index (χ3v) is 0.910. The van der Waals surface area contributed by atoms with Crippen LogP contribution in [0, 0.1) is 11.3 Å². The van der Waals surface area contributed by atoms with Gasteiger partial charge in [-0.1, -0.05) is 19.9 Å². The number of nitrogens with zero attached hydrogens (tertiary/aromatic N) is 1. The summed E-state index contributed by atoms with van der Waals surface area (Å²) in [5.74, 6) is 0.562. The van der Waals surface area contributed by atoms with Gasteiger partial charge in [0.1, 0.15) is 0 Å². The van der Waals surface area contributed by atoms with E-state index in [-0.39, 0.29) is 0 Å². The highest BCUT2D eigenvalue weighted by atomic mass is 15.1. The van der Waals surface area contributed by atoms with Gasteiger partial charge in [0.2, 0.25) is 0 Å². The lowest BCUT2D eigenvalue weighted by Crippen LogP contribution is -2.05. The highest BCUT2D eigenvalue weighted by molar-refractivity contribution is 5.51. The lowest BCUT2D eigenvalue weighted by atomic mass is 10.2. The van der Waals surface area contributed by atoms with Gasteiger partial charge in [0.05, 0.1) is 6.34 Å². The molecule has 0 rings (SSSR count). The molecule has 0 aliphatic rings. The second-order valence-electron chi connectivity index (χ2n) is 2.38. The largest absolute Gasteiger partial charge is 0.343 e. The molecule has 52 valence electrons. The Bertz CT molecular complexity index is 105. The number of allylic oxidation sites excluding steroid dienone is 1. The van der Waals surface area contributed by atoms with Gasteiger partial charge in [-0.3, -0.25) is 5.41 Å². The van der Waals surface area contributed by atoms with Crippen LogP contribution in [-0.4, -0.2) is 18.3 Å². The van der Waals surface area contributed by atoms with Crippen LogP contribution in [0.15, 0.2) is 12.3 Å². The molecular formula is C7H14N2. The standard InChI is InChI=1S/C7H14N2/c1-7(2)4-5-9(3)6-8/h4-8H,1-3H3. The minimum Gasteiger partial charge on any atom is -0.343 e. The van der Waals surface area contributed by atoms with Crippen molar-refractivity contribution in [3.05, 3.63) is 12.3 Å². The Morgan fingerprint density at radius 2 is 2.00 bits per heavy atom. The van der Waals surface area contributed by atoms with Gasteiger partial charge in [-0.05, 0) is 5.92 Å². The van der Waals surface area contributed by atoms with E-state index in [2.05, 4.69) is 13.8 Å². The molecule has 0 amide bonds. The first-order valence-electron chi connectivity index (χ1n) is 3.07. The van der Waals surface area contributed by atoms with E-state index in [9.17, 15) is 0 Å². The molecule has 0 bridgehead atoms. The zero-order valence-corrected chi connectivity index (χ0v) is 6.26. The molecule has 0 unspecified atom stereocenters. The van der Waals surface area contributed by atoms with E-state index in [1.165, 1.54) is 6.34 Å². The van der Waals surface area contributed by atoms with Gasteiger partial charge >= 0.3 is 0 Å². The maximum atomic E-state index is 6.80. The van der Waals surface area contributed by atoms with Gasteiger partial charge in [0.15, 0.2) is 0 Å². The van der Waals surface area contributed by atoms with Crippen LogP contribution in [-0.2, 0) is 0 Å². The quantitative estimate of drug-likeness (QED) is 0.452. The summed E-state index contributed by atoms with van der Waals surface area (Å²) in [5.41, 5.74) is 0. The third-order valence-electron chi connectivity index (χ3n) is 0.910.